The van der Waals surface area contributed by atoms with Gasteiger partial charge in [0.2, 0.25) is 0 Å². The fraction of sp³-hybridized carbons (Fsp3) is 0.300. The van der Waals surface area contributed by atoms with Crippen molar-refractivity contribution in [3.63, 3.8) is 0 Å². The number of likely N-dealkylation sites (tertiary alicyclic amines) is 1. The van der Waals surface area contributed by atoms with Crippen molar-refractivity contribution >= 4 is 22.7 Å². The van der Waals surface area contributed by atoms with E-state index < -0.39 is 0 Å². The zero-order valence-corrected chi connectivity index (χ0v) is 22.2. The highest BCUT2D eigenvalue weighted by Crippen LogP contribution is 2.26. The van der Waals surface area contributed by atoms with Gasteiger partial charge in [0.05, 0.1) is 11.6 Å². The minimum absolute atomic E-state index is 0.0282. The molecule has 1 N–H and O–H groups in total. The number of nitrogens with zero attached hydrogens (tertiary/aromatic N) is 3. The summed E-state index contributed by atoms with van der Waals surface area (Å²) in [5, 5.41) is 8.54. The molecular weight excluding hydrogens is 499 g/mol. The molecule has 0 radical (unpaired) electrons. The smallest absolute Gasteiger partial charge is 0.253 e. The summed E-state index contributed by atoms with van der Waals surface area (Å²) in [5.74, 6) is 0.913. The summed E-state index contributed by atoms with van der Waals surface area (Å²) < 4.78 is 25.9. The van der Waals surface area contributed by atoms with Crippen molar-refractivity contribution in [3.05, 3.63) is 89.4 Å². The van der Waals surface area contributed by atoms with Gasteiger partial charge in [0.15, 0.2) is 0 Å². The number of nitrogens with one attached hydrogen (secondary N) is 1. The van der Waals surface area contributed by atoms with E-state index in [0.717, 1.165) is 16.5 Å². The first-order valence-corrected chi connectivity index (χ1v) is 12.9. The molecule has 202 valence electrons. The Balaban J connectivity index is 1.15. The SMILES string of the molecule is COC(C)CNC(=O)c1ccc2nn(CC3CN(C(=O)c4ccc(Oc5ccc(F)cc5)cc4)C3)cc2c1C. The molecule has 1 unspecified atom stereocenters. The molecule has 4 aromatic rings. The molecule has 1 saturated heterocycles. The van der Waals surface area contributed by atoms with Crippen LogP contribution in [0.2, 0.25) is 0 Å². The van der Waals surface area contributed by atoms with Gasteiger partial charge in [0.25, 0.3) is 11.8 Å². The standard InChI is InChI=1S/C30H31FN4O4/c1-19(38-3)14-32-29(36)26-12-13-28-27(20(26)2)18-35(33-28)17-21-15-34(16-21)30(37)22-4-8-24(9-5-22)39-25-10-6-23(31)7-11-25/h4-13,18-19,21H,14-17H2,1-3H3,(H,32,36). The number of aromatic nitrogens is 2. The second-order valence-electron chi connectivity index (χ2n) is 9.93. The zero-order chi connectivity index (χ0) is 27.5. The van der Waals surface area contributed by atoms with Gasteiger partial charge in [-0.05, 0) is 80.1 Å². The lowest BCUT2D eigenvalue weighted by Gasteiger charge is -2.39. The topological polar surface area (TPSA) is 85.7 Å². The van der Waals surface area contributed by atoms with Crippen LogP contribution >= 0.6 is 0 Å². The molecule has 1 aliphatic heterocycles. The minimum Gasteiger partial charge on any atom is -0.457 e. The van der Waals surface area contributed by atoms with E-state index in [1.165, 1.54) is 12.1 Å². The Labute approximate surface area is 226 Å². The summed E-state index contributed by atoms with van der Waals surface area (Å²) in [4.78, 5) is 27.4. The minimum atomic E-state index is -0.325. The lowest BCUT2D eigenvalue weighted by molar-refractivity contribution is 0.0462. The molecule has 1 fully saturated rings. The van der Waals surface area contributed by atoms with Gasteiger partial charge < -0.3 is 19.7 Å². The van der Waals surface area contributed by atoms with Crippen molar-refractivity contribution < 1.29 is 23.5 Å². The van der Waals surface area contributed by atoms with E-state index in [4.69, 9.17) is 9.47 Å². The van der Waals surface area contributed by atoms with Gasteiger partial charge in [-0.1, -0.05) is 0 Å². The van der Waals surface area contributed by atoms with Crippen molar-refractivity contribution in [3.8, 4) is 11.5 Å². The number of hydrogen-bond donors (Lipinski definition) is 1. The van der Waals surface area contributed by atoms with E-state index in [2.05, 4.69) is 10.4 Å². The summed E-state index contributed by atoms with van der Waals surface area (Å²) in [7, 11) is 1.62. The van der Waals surface area contributed by atoms with Crippen LogP contribution in [0.25, 0.3) is 10.9 Å². The average molecular weight is 531 g/mol. The second kappa shape index (κ2) is 11.2. The van der Waals surface area contributed by atoms with Crippen LogP contribution in [0, 0.1) is 18.7 Å². The van der Waals surface area contributed by atoms with Crippen molar-refractivity contribution in [1.29, 1.82) is 0 Å². The van der Waals surface area contributed by atoms with Crippen molar-refractivity contribution in [2.45, 2.75) is 26.5 Å². The van der Waals surface area contributed by atoms with Crippen molar-refractivity contribution in [2.24, 2.45) is 5.92 Å². The molecule has 3 aromatic carbocycles. The van der Waals surface area contributed by atoms with Crippen LogP contribution in [0.4, 0.5) is 4.39 Å². The summed E-state index contributed by atoms with van der Waals surface area (Å²) in [5.41, 5.74) is 2.94. The predicted octanol–water partition coefficient (Wildman–Crippen LogP) is 4.81. The number of hydrogen-bond acceptors (Lipinski definition) is 5. The third-order valence-electron chi connectivity index (χ3n) is 7.04. The number of rotatable bonds is 9. The zero-order valence-electron chi connectivity index (χ0n) is 22.2. The normalized spacial score (nSPS) is 14.2. The number of carbonyl (C=O) groups excluding carboxylic acids is 2. The van der Waals surface area contributed by atoms with Crippen molar-refractivity contribution in [1.82, 2.24) is 20.0 Å². The van der Waals surface area contributed by atoms with Crippen LogP contribution in [0.1, 0.15) is 33.2 Å². The number of ether oxygens (including phenoxy) is 2. The van der Waals surface area contributed by atoms with E-state index in [-0.39, 0.29) is 23.7 Å². The first kappa shape index (κ1) is 26.4. The summed E-state index contributed by atoms with van der Waals surface area (Å²) in [6.45, 7) is 6.26. The lowest BCUT2D eigenvalue weighted by Crippen LogP contribution is -2.51. The monoisotopic (exact) mass is 530 g/mol. The molecule has 0 bridgehead atoms. The number of methoxy groups -OCH3 is 1. The van der Waals surface area contributed by atoms with Gasteiger partial charge in [-0.3, -0.25) is 14.3 Å². The summed E-state index contributed by atoms with van der Waals surface area (Å²) in [6.07, 6.45) is 1.92. The van der Waals surface area contributed by atoms with E-state index in [9.17, 15) is 14.0 Å². The second-order valence-corrected chi connectivity index (χ2v) is 9.93. The molecule has 8 nitrogen and oxygen atoms in total. The molecule has 2 amide bonds. The number of fused-ring (bicyclic) bond motifs is 1. The molecule has 5 rings (SSSR count). The first-order valence-electron chi connectivity index (χ1n) is 12.9. The van der Waals surface area contributed by atoms with Crippen LogP contribution in [0.3, 0.4) is 0 Å². The highest BCUT2D eigenvalue weighted by Gasteiger charge is 2.31. The number of aryl methyl sites for hydroxylation is 1. The Bertz CT molecular complexity index is 1480. The third-order valence-corrected chi connectivity index (χ3v) is 7.04. The molecule has 1 aromatic heterocycles. The third kappa shape index (κ3) is 5.93. The first-order chi connectivity index (χ1) is 18.8. The molecule has 2 heterocycles. The van der Waals surface area contributed by atoms with E-state index in [1.807, 2.05) is 41.8 Å². The highest BCUT2D eigenvalue weighted by atomic mass is 19.1. The summed E-state index contributed by atoms with van der Waals surface area (Å²) in [6, 6.07) is 16.4. The Morgan fingerprint density at radius 3 is 2.38 bits per heavy atom. The van der Waals surface area contributed by atoms with Crippen molar-refractivity contribution in [2.75, 3.05) is 26.7 Å². The Kier molecular flexibility index (Phi) is 7.60. The number of carbonyl (C=O) groups is 2. The van der Waals surface area contributed by atoms with Gasteiger partial charge in [0, 0.05) is 61.9 Å². The average Bonchev–Trinajstić information content (AvgIpc) is 3.34. The van der Waals surface area contributed by atoms with E-state index in [1.54, 1.807) is 43.5 Å². The van der Waals surface area contributed by atoms with E-state index in [0.29, 0.717) is 54.7 Å². The molecule has 0 spiro atoms. The fourth-order valence-corrected chi connectivity index (χ4v) is 4.64. The molecule has 39 heavy (non-hydrogen) atoms. The molecule has 0 saturated carbocycles. The van der Waals surface area contributed by atoms with Crippen LogP contribution in [0.5, 0.6) is 11.5 Å². The largest absolute Gasteiger partial charge is 0.457 e. The Hall–Kier alpha value is -4.24. The maximum Gasteiger partial charge on any atom is 0.253 e. The van der Waals surface area contributed by atoms with Crippen LogP contribution in [-0.4, -0.2) is 59.3 Å². The van der Waals surface area contributed by atoms with Crippen LogP contribution < -0.4 is 10.1 Å². The molecule has 1 aliphatic rings. The Morgan fingerprint density at radius 1 is 1.05 bits per heavy atom. The number of halogens is 1. The van der Waals surface area contributed by atoms with Gasteiger partial charge in [0.1, 0.15) is 17.3 Å². The van der Waals surface area contributed by atoms with Crippen LogP contribution in [0.15, 0.2) is 66.9 Å². The molecule has 1 atom stereocenters. The highest BCUT2D eigenvalue weighted by molar-refractivity contribution is 6.00. The maximum atomic E-state index is 13.1. The Morgan fingerprint density at radius 2 is 1.72 bits per heavy atom. The van der Waals surface area contributed by atoms with Gasteiger partial charge in [-0.15, -0.1) is 0 Å². The quantitative estimate of drug-likeness (QED) is 0.336. The van der Waals surface area contributed by atoms with Crippen LogP contribution in [-0.2, 0) is 11.3 Å². The lowest BCUT2D eigenvalue weighted by atomic mass is 9.99. The van der Waals surface area contributed by atoms with Gasteiger partial charge in [-0.25, -0.2) is 4.39 Å². The number of amides is 2. The molecule has 0 aliphatic carbocycles. The molecular formula is C30H31FN4O4. The predicted molar refractivity (Wildman–Crippen MR) is 146 cm³/mol. The van der Waals surface area contributed by atoms with Gasteiger partial charge >= 0.3 is 0 Å². The fourth-order valence-electron chi connectivity index (χ4n) is 4.64. The summed E-state index contributed by atoms with van der Waals surface area (Å²) >= 11 is 0. The maximum absolute atomic E-state index is 13.1. The van der Waals surface area contributed by atoms with E-state index >= 15 is 0 Å². The molecule has 9 heteroatoms. The number of benzene rings is 3. The van der Waals surface area contributed by atoms with Gasteiger partial charge in [-0.2, -0.15) is 5.10 Å².